The number of halogens is 1. The van der Waals surface area contributed by atoms with Crippen molar-refractivity contribution in [2.75, 3.05) is 6.54 Å². The predicted molar refractivity (Wildman–Crippen MR) is 48.6 cm³/mol. The molecule has 0 radical (unpaired) electrons. The van der Waals surface area contributed by atoms with Gasteiger partial charge in [0, 0.05) is 13.0 Å². The van der Waals surface area contributed by atoms with Crippen molar-refractivity contribution < 1.29 is 0 Å². The number of aromatic nitrogens is 3. The summed E-state index contributed by atoms with van der Waals surface area (Å²) in [5.41, 5.74) is 5.60. The van der Waals surface area contributed by atoms with Crippen molar-refractivity contribution in [3.63, 3.8) is 0 Å². The first-order valence-corrected chi connectivity index (χ1v) is 4.88. The first-order valence-electron chi connectivity index (χ1n) is 4.09. The number of nitrogens with zero attached hydrogens (tertiary/aromatic N) is 3. The van der Waals surface area contributed by atoms with Gasteiger partial charge in [0.1, 0.15) is 5.82 Å². The van der Waals surface area contributed by atoms with E-state index in [-0.39, 0.29) is 0 Å². The molecule has 5 heteroatoms. The third-order valence-corrected chi connectivity index (χ3v) is 2.93. The van der Waals surface area contributed by atoms with Crippen molar-refractivity contribution in [1.82, 2.24) is 14.8 Å². The van der Waals surface area contributed by atoms with E-state index < -0.39 is 0 Å². The fraction of sp³-hybridized carbons (Fsp3) is 0.714. The molecule has 4 nitrogen and oxygen atoms in total. The molecular weight excluding hydrogens is 220 g/mol. The molecule has 2 rings (SSSR count). The maximum absolute atomic E-state index is 5.60. The standard InChI is InChI=1S/C7H11BrN4/c8-7-11-10-6-3-5(4-9)1-2-12(6)7/h5H,1-4,9H2. The number of fused-ring (bicyclic) bond motifs is 1. The van der Waals surface area contributed by atoms with Crippen molar-refractivity contribution in [1.29, 1.82) is 0 Å². The number of rotatable bonds is 1. The lowest BCUT2D eigenvalue weighted by Crippen LogP contribution is -2.25. The van der Waals surface area contributed by atoms with Crippen LogP contribution in [0.15, 0.2) is 4.73 Å². The van der Waals surface area contributed by atoms with Crippen LogP contribution in [0.1, 0.15) is 12.2 Å². The van der Waals surface area contributed by atoms with Crippen LogP contribution < -0.4 is 5.73 Å². The Labute approximate surface area is 79.3 Å². The Morgan fingerprint density at radius 2 is 2.42 bits per heavy atom. The van der Waals surface area contributed by atoms with Crippen LogP contribution >= 0.6 is 15.9 Å². The minimum atomic E-state index is 0.591. The fourth-order valence-corrected chi connectivity index (χ4v) is 2.02. The van der Waals surface area contributed by atoms with E-state index in [1.807, 2.05) is 0 Å². The molecule has 1 aromatic rings. The molecule has 0 amide bonds. The molecule has 0 bridgehead atoms. The molecule has 0 aromatic carbocycles. The van der Waals surface area contributed by atoms with Gasteiger partial charge in [-0.25, -0.2) is 0 Å². The quantitative estimate of drug-likeness (QED) is 0.768. The second kappa shape index (κ2) is 3.14. The van der Waals surface area contributed by atoms with Crippen LogP contribution in [0.4, 0.5) is 0 Å². The van der Waals surface area contributed by atoms with E-state index in [1.165, 1.54) is 0 Å². The average Bonchev–Trinajstić information content (AvgIpc) is 2.47. The summed E-state index contributed by atoms with van der Waals surface area (Å²) in [5.74, 6) is 1.65. The third-order valence-electron chi connectivity index (χ3n) is 2.35. The van der Waals surface area contributed by atoms with Crippen LogP contribution in [0.5, 0.6) is 0 Å². The van der Waals surface area contributed by atoms with E-state index >= 15 is 0 Å². The highest BCUT2D eigenvalue weighted by Gasteiger charge is 2.20. The maximum Gasteiger partial charge on any atom is 0.200 e. The Hall–Kier alpha value is -0.420. The van der Waals surface area contributed by atoms with E-state index in [0.29, 0.717) is 5.92 Å². The van der Waals surface area contributed by atoms with Crippen LogP contribution in [-0.2, 0) is 13.0 Å². The second-order valence-electron chi connectivity index (χ2n) is 3.13. The first kappa shape index (κ1) is 8.19. The highest BCUT2D eigenvalue weighted by Crippen LogP contribution is 2.21. The Kier molecular flexibility index (Phi) is 2.14. The Bertz CT molecular complexity index is 283. The molecular formula is C7H11BrN4. The van der Waals surface area contributed by atoms with Crippen LogP contribution in [0, 0.1) is 5.92 Å². The molecule has 1 unspecified atom stereocenters. The lowest BCUT2D eigenvalue weighted by atomic mass is 9.98. The van der Waals surface area contributed by atoms with Crippen LogP contribution in [0.25, 0.3) is 0 Å². The summed E-state index contributed by atoms with van der Waals surface area (Å²) in [6, 6.07) is 0. The van der Waals surface area contributed by atoms with Crippen molar-refractivity contribution in [3.8, 4) is 0 Å². The fourth-order valence-electron chi connectivity index (χ4n) is 1.56. The van der Waals surface area contributed by atoms with Gasteiger partial charge in [-0.15, -0.1) is 10.2 Å². The minimum absolute atomic E-state index is 0.591. The number of nitrogens with two attached hydrogens (primary N) is 1. The SMILES string of the molecule is NCC1CCn2c(Br)nnc2C1. The van der Waals surface area contributed by atoms with Gasteiger partial charge < -0.3 is 10.3 Å². The van der Waals surface area contributed by atoms with Gasteiger partial charge in [0.15, 0.2) is 4.73 Å². The molecule has 1 aromatic heterocycles. The van der Waals surface area contributed by atoms with Crippen molar-refractivity contribution >= 4 is 15.9 Å². The normalized spacial score (nSPS) is 22.3. The van der Waals surface area contributed by atoms with E-state index in [2.05, 4.69) is 30.7 Å². The first-order chi connectivity index (χ1) is 5.81. The average molecular weight is 231 g/mol. The van der Waals surface area contributed by atoms with Crippen LogP contribution in [-0.4, -0.2) is 21.3 Å². The molecule has 0 aliphatic carbocycles. The monoisotopic (exact) mass is 230 g/mol. The largest absolute Gasteiger partial charge is 0.330 e. The van der Waals surface area contributed by atoms with Gasteiger partial charge in [-0.2, -0.15) is 0 Å². The number of hydrogen-bond donors (Lipinski definition) is 1. The number of hydrogen-bond acceptors (Lipinski definition) is 3. The summed E-state index contributed by atoms with van der Waals surface area (Å²) in [7, 11) is 0. The summed E-state index contributed by atoms with van der Waals surface area (Å²) in [4.78, 5) is 0. The summed E-state index contributed by atoms with van der Waals surface area (Å²) in [5, 5.41) is 8.02. The van der Waals surface area contributed by atoms with Gasteiger partial charge >= 0.3 is 0 Å². The zero-order valence-corrected chi connectivity index (χ0v) is 8.29. The second-order valence-corrected chi connectivity index (χ2v) is 3.84. The molecule has 0 saturated heterocycles. The van der Waals surface area contributed by atoms with E-state index in [4.69, 9.17) is 5.73 Å². The van der Waals surface area contributed by atoms with Crippen LogP contribution in [0.2, 0.25) is 0 Å². The van der Waals surface area contributed by atoms with Crippen LogP contribution in [0.3, 0.4) is 0 Å². The van der Waals surface area contributed by atoms with Gasteiger partial charge in [-0.1, -0.05) is 0 Å². The molecule has 1 atom stereocenters. The molecule has 66 valence electrons. The summed E-state index contributed by atoms with van der Waals surface area (Å²) in [6.07, 6.45) is 2.11. The van der Waals surface area contributed by atoms with Gasteiger partial charge in [-0.05, 0) is 34.8 Å². The Morgan fingerprint density at radius 3 is 3.17 bits per heavy atom. The van der Waals surface area contributed by atoms with Gasteiger partial charge in [0.05, 0.1) is 0 Å². The predicted octanol–water partition coefficient (Wildman–Crippen LogP) is 0.562. The highest BCUT2D eigenvalue weighted by atomic mass is 79.9. The molecule has 1 aliphatic heterocycles. The zero-order valence-electron chi connectivity index (χ0n) is 6.70. The summed E-state index contributed by atoms with van der Waals surface area (Å²) < 4.78 is 2.94. The van der Waals surface area contributed by atoms with E-state index in [0.717, 1.165) is 36.5 Å². The van der Waals surface area contributed by atoms with Crippen molar-refractivity contribution in [2.45, 2.75) is 19.4 Å². The molecule has 0 spiro atoms. The third kappa shape index (κ3) is 1.27. The molecule has 12 heavy (non-hydrogen) atoms. The summed E-state index contributed by atoms with van der Waals surface area (Å²) >= 11 is 3.35. The summed E-state index contributed by atoms with van der Waals surface area (Å²) in [6.45, 7) is 1.75. The smallest absolute Gasteiger partial charge is 0.200 e. The minimum Gasteiger partial charge on any atom is -0.330 e. The molecule has 0 saturated carbocycles. The van der Waals surface area contributed by atoms with Crippen molar-refractivity contribution in [3.05, 3.63) is 10.6 Å². The zero-order chi connectivity index (χ0) is 8.55. The molecule has 0 fully saturated rings. The maximum atomic E-state index is 5.60. The Balaban J connectivity index is 2.24. The molecule has 2 N–H and O–H groups in total. The topological polar surface area (TPSA) is 56.7 Å². The molecule has 1 aliphatic rings. The lowest BCUT2D eigenvalue weighted by molar-refractivity contribution is 0.386. The van der Waals surface area contributed by atoms with Gasteiger partial charge in [0.25, 0.3) is 0 Å². The van der Waals surface area contributed by atoms with Gasteiger partial charge in [-0.3, -0.25) is 0 Å². The highest BCUT2D eigenvalue weighted by molar-refractivity contribution is 9.10. The van der Waals surface area contributed by atoms with Gasteiger partial charge in [0.2, 0.25) is 0 Å². The van der Waals surface area contributed by atoms with E-state index in [9.17, 15) is 0 Å². The van der Waals surface area contributed by atoms with Crippen molar-refractivity contribution in [2.24, 2.45) is 11.7 Å². The Morgan fingerprint density at radius 1 is 1.58 bits per heavy atom. The molecule has 2 heterocycles. The van der Waals surface area contributed by atoms with E-state index in [1.54, 1.807) is 0 Å². The lowest BCUT2D eigenvalue weighted by Gasteiger charge is -2.21.